The Balaban J connectivity index is 1.96. The van der Waals surface area contributed by atoms with Crippen molar-refractivity contribution in [2.45, 2.75) is 38.8 Å². The fourth-order valence-electron chi connectivity index (χ4n) is 2.24. The Morgan fingerprint density at radius 3 is 2.95 bits per heavy atom. The van der Waals surface area contributed by atoms with Crippen LogP contribution in [0.3, 0.4) is 0 Å². The van der Waals surface area contributed by atoms with E-state index in [1.54, 1.807) is 0 Å². The molecule has 8 heteroatoms. The molecule has 20 heavy (non-hydrogen) atoms. The van der Waals surface area contributed by atoms with Crippen LogP contribution in [-0.2, 0) is 16.1 Å². The first-order valence-corrected chi connectivity index (χ1v) is 7.31. The molecule has 2 amide bonds. The number of aromatic nitrogens is 2. The quantitative estimate of drug-likeness (QED) is 0.902. The lowest BCUT2D eigenvalue weighted by molar-refractivity contribution is -0.127. The van der Waals surface area contributed by atoms with Gasteiger partial charge in [0.2, 0.25) is 5.91 Å². The number of aryl methyl sites for hydroxylation is 1. The number of nitrogens with zero attached hydrogens (tertiary/aromatic N) is 3. The van der Waals surface area contributed by atoms with Crippen LogP contribution in [0.2, 0.25) is 0 Å². The highest BCUT2D eigenvalue weighted by molar-refractivity contribution is 7.05. The second-order valence-corrected chi connectivity index (χ2v) is 5.51. The maximum Gasteiger partial charge on any atom is 0.410 e. The first-order valence-electron chi connectivity index (χ1n) is 6.53. The standard InChI is InChI=1S/C12H18N4O3S/c1-8-10(20-15-14-8)7-13-11(17)9-5-3-4-6-16(9)12(18)19-2/h9H,3-7H2,1-2H3,(H,13,17)/t9-/m1/s1. The van der Waals surface area contributed by atoms with Gasteiger partial charge in [0.05, 0.1) is 24.2 Å². The van der Waals surface area contributed by atoms with E-state index in [1.165, 1.54) is 23.5 Å². The Kier molecular flexibility index (Phi) is 4.89. The summed E-state index contributed by atoms with van der Waals surface area (Å²) < 4.78 is 8.55. The van der Waals surface area contributed by atoms with Crippen molar-refractivity contribution >= 4 is 23.5 Å². The van der Waals surface area contributed by atoms with Gasteiger partial charge in [-0.25, -0.2) is 4.79 Å². The van der Waals surface area contributed by atoms with Crippen molar-refractivity contribution in [1.29, 1.82) is 0 Å². The monoisotopic (exact) mass is 298 g/mol. The molecule has 2 heterocycles. The number of amides is 2. The predicted octanol–water partition coefficient (Wildman–Crippen LogP) is 1.08. The zero-order valence-electron chi connectivity index (χ0n) is 11.6. The summed E-state index contributed by atoms with van der Waals surface area (Å²) in [5.41, 5.74) is 0.823. The Morgan fingerprint density at radius 1 is 1.50 bits per heavy atom. The maximum absolute atomic E-state index is 12.2. The summed E-state index contributed by atoms with van der Waals surface area (Å²) in [6.07, 6.45) is 2.06. The number of hydrogen-bond donors (Lipinski definition) is 1. The topological polar surface area (TPSA) is 84.4 Å². The third kappa shape index (κ3) is 3.24. The molecular formula is C12H18N4O3S. The van der Waals surface area contributed by atoms with Gasteiger partial charge in [0.25, 0.3) is 0 Å². The molecule has 0 bridgehead atoms. The van der Waals surface area contributed by atoms with Gasteiger partial charge in [-0.1, -0.05) is 4.49 Å². The highest BCUT2D eigenvalue weighted by Crippen LogP contribution is 2.18. The average Bonchev–Trinajstić information content (AvgIpc) is 2.89. The molecule has 1 saturated heterocycles. The van der Waals surface area contributed by atoms with Crippen molar-refractivity contribution in [2.75, 3.05) is 13.7 Å². The van der Waals surface area contributed by atoms with Gasteiger partial charge in [-0.15, -0.1) is 5.10 Å². The summed E-state index contributed by atoms with van der Waals surface area (Å²) in [6, 6.07) is -0.447. The summed E-state index contributed by atoms with van der Waals surface area (Å²) in [4.78, 5) is 26.3. The minimum absolute atomic E-state index is 0.150. The number of hydrogen-bond acceptors (Lipinski definition) is 6. The normalized spacial score (nSPS) is 18.7. The molecule has 1 N–H and O–H groups in total. The molecule has 1 aliphatic rings. The van der Waals surface area contributed by atoms with Crippen molar-refractivity contribution < 1.29 is 14.3 Å². The molecule has 0 spiro atoms. The van der Waals surface area contributed by atoms with E-state index >= 15 is 0 Å². The second kappa shape index (κ2) is 6.65. The van der Waals surface area contributed by atoms with Crippen LogP contribution >= 0.6 is 11.5 Å². The molecule has 0 saturated carbocycles. The molecule has 1 aliphatic heterocycles. The third-order valence-electron chi connectivity index (χ3n) is 3.38. The van der Waals surface area contributed by atoms with Gasteiger partial charge in [0.1, 0.15) is 6.04 Å². The SMILES string of the molecule is COC(=O)N1CCCC[C@@H]1C(=O)NCc1snnc1C. The summed E-state index contributed by atoms with van der Waals surface area (Å²) in [7, 11) is 1.33. The lowest BCUT2D eigenvalue weighted by Crippen LogP contribution is -2.51. The fraction of sp³-hybridized carbons (Fsp3) is 0.667. The second-order valence-electron chi connectivity index (χ2n) is 4.67. The lowest BCUT2D eigenvalue weighted by Gasteiger charge is -2.33. The molecular weight excluding hydrogens is 280 g/mol. The fourth-order valence-corrected chi connectivity index (χ4v) is 2.81. The molecule has 1 aromatic heterocycles. The number of piperidine rings is 1. The number of carbonyl (C=O) groups is 2. The molecule has 7 nitrogen and oxygen atoms in total. The van der Waals surface area contributed by atoms with Crippen LogP contribution < -0.4 is 5.32 Å². The molecule has 110 valence electrons. The van der Waals surface area contributed by atoms with Crippen LogP contribution in [0.15, 0.2) is 0 Å². The maximum atomic E-state index is 12.2. The summed E-state index contributed by atoms with van der Waals surface area (Å²) in [5.74, 6) is -0.150. The number of rotatable bonds is 3. The number of ether oxygens (including phenoxy) is 1. The molecule has 0 unspecified atom stereocenters. The average molecular weight is 298 g/mol. The van der Waals surface area contributed by atoms with Crippen LogP contribution in [0.5, 0.6) is 0 Å². The summed E-state index contributed by atoms with van der Waals surface area (Å²) in [6.45, 7) is 2.81. The lowest BCUT2D eigenvalue weighted by atomic mass is 10.0. The molecule has 0 aromatic carbocycles. The predicted molar refractivity (Wildman–Crippen MR) is 73.2 cm³/mol. The van der Waals surface area contributed by atoms with E-state index in [0.717, 1.165) is 23.4 Å². The first-order chi connectivity index (χ1) is 9.63. The summed E-state index contributed by atoms with van der Waals surface area (Å²) in [5, 5.41) is 6.74. The minimum atomic E-state index is -0.447. The van der Waals surface area contributed by atoms with Crippen molar-refractivity contribution in [3.05, 3.63) is 10.6 Å². The zero-order chi connectivity index (χ0) is 14.5. The molecule has 1 fully saturated rings. The highest BCUT2D eigenvalue weighted by atomic mass is 32.1. The van der Waals surface area contributed by atoms with Crippen LogP contribution in [0, 0.1) is 6.92 Å². The molecule has 0 radical (unpaired) electrons. The molecule has 0 aliphatic carbocycles. The van der Waals surface area contributed by atoms with Crippen molar-refractivity contribution in [3.63, 3.8) is 0 Å². The van der Waals surface area contributed by atoms with Gasteiger partial charge in [-0.05, 0) is 37.7 Å². The molecule has 2 rings (SSSR count). The zero-order valence-corrected chi connectivity index (χ0v) is 12.4. The minimum Gasteiger partial charge on any atom is -0.453 e. The summed E-state index contributed by atoms with van der Waals surface area (Å²) >= 11 is 1.27. The Labute approximate surface area is 121 Å². The highest BCUT2D eigenvalue weighted by Gasteiger charge is 2.32. The van der Waals surface area contributed by atoms with Crippen molar-refractivity contribution in [3.8, 4) is 0 Å². The molecule has 1 aromatic rings. The number of nitrogens with one attached hydrogen (secondary N) is 1. The van der Waals surface area contributed by atoms with Gasteiger partial charge in [0.15, 0.2) is 0 Å². The number of likely N-dealkylation sites (tertiary alicyclic amines) is 1. The third-order valence-corrected chi connectivity index (χ3v) is 4.21. The smallest absolute Gasteiger partial charge is 0.410 e. The largest absolute Gasteiger partial charge is 0.453 e. The Morgan fingerprint density at radius 2 is 2.30 bits per heavy atom. The van der Waals surface area contributed by atoms with E-state index in [9.17, 15) is 9.59 Å². The van der Waals surface area contributed by atoms with Gasteiger partial charge < -0.3 is 10.1 Å². The number of carbonyl (C=O) groups excluding carboxylic acids is 2. The van der Waals surface area contributed by atoms with Gasteiger partial charge in [0, 0.05) is 6.54 Å². The van der Waals surface area contributed by atoms with E-state index in [4.69, 9.17) is 4.74 Å². The van der Waals surface area contributed by atoms with Gasteiger partial charge in [-0.3, -0.25) is 9.69 Å². The van der Waals surface area contributed by atoms with Crippen LogP contribution in [0.4, 0.5) is 4.79 Å². The first kappa shape index (κ1) is 14.7. The van der Waals surface area contributed by atoms with Gasteiger partial charge in [-0.2, -0.15) is 0 Å². The van der Waals surface area contributed by atoms with E-state index in [1.807, 2.05) is 6.92 Å². The van der Waals surface area contributed by atoms with Crippen molar-refractivity contribution in [2.24, 2.45) is 0 Å². The number of methoxy groups -OCH3 is 1. The van der Waals surface area contributed by atoms with Crippen LogP contribution in [0.25, 0.3) is 0 Å². The van der Waals surface area contributed by atoms with Gasteiger partial charge >= 0.3 is 6.09 Å². The van der Waals surface area contributed by atoms with Crippen molar-refractivity contribution in [1.82, 2.24) is 19.8 Å². The van der Waals surface area contributed by atoms with E-state index < -0.39 is 12.1 Å². The van der Waals surface area contributed by atoms with E-state index in [0.29, 0.717) is 19.5 Å². The van der Waals surface area contributed by atoms with E-state index in [-0.39, 0.29) is 5.91 Å². The Hall–Kier alpha value is -1.70. The Bertz CT molecular complexity index is 491. The van der Waals surface area contributed by atoms with Crippen LogP contribution in [0.1, 0.15) is 29.8 Å². The van der Waals surface area contributed by atoms with Crippen LogP contribution in [-0.4, -0.2) is 46.2 Å². The van der Waals surface area contributed by atoms with E-state index in [2.05, 4.69) is 14.9 Å². The molecule has 1 atom stereocenters.